The average molecular weight is 415 g/mol. The molecule has 0 aromatic heterocycles. The maximum atomic E-state index is 2.75. The lowest BCUT2D eigenvalue weighted by atomic mass is 9.47. The zero-order valence-electron chi connectivity index (χ0n) is 21.9. The van der Waals surface area contributed by atoms with E-state index in [0.29, 0.717) is 16.2 Å². The molecule has 0 aromatic carbocycles. The topological polar surface area (TPSA) is 0 Å². The predicted octanol–water partition coefficient (Wildman–Crippen LogP) is 9.83. The smallest absolute Gasteiger partial charge is 0.00851 e. The second kappa shape index (κ2) is 9.31. The van der Waals surface area contributed by atoms with Crippen molar-refractivity contribution < 1.29 is 0 Å². The monoisotopic (exact) mass is 414 g/mol. The minimum atomic E-state index is 0.549. The van der Waals surface area contributed by atoms with Crippen molar-refractivity contribution in [1.82, 2.24) is 0 Å². The van der Waals surface area contributed by atoms with Gasteiger partial charge in [0.25, 0.3) is 0 Å². The zero-order chi connectivity index (χ0) is 22.2. The molecule has 0 aromatic rings. The number of allylic oxidation sites excluding steroid dienone is 2. The summed E-state index contributed by atoms with van der Waals surface area (Å²) < 4.78 is 0. The van der Waals surface area contributed by atoms with Crippen molar-refractivity contribution >= 4 is 0 Å². The lowest BCUT2D eigenvalue weighted by Crippen LogP contribution is -2.49. The molecule has 7 unspecified atom stereocenters. The molecule has 0 N–H and O–H groups in total. The molecule has 174 valence electrons. The van der Waals surface area contributed by atoms with Crippen molar-refractivity contribution in [2.45, 2.75) is 132 Å². The third kappa shape index (κ3) is 4.32. The summed E-state index contributed by atoms with van der Waals surface area (Å²) in [7, 11) is 0. The van der Waals surface area contributed by atoms with Gasteiger partial charge in [0.2, 0.25) is 0 Å². The van der Waals surface area contributed by atoms with Gasteiger partial charge in [-0.2, -0.15) is 0 Å². The Balaban J connectivity index is 0.00000124. The van der Waals surface area contributed by atoms with Gasteiger partial charge in [-0.05, 0) is 110 Å². The lowest BCUT2D eigenvalue weighted by Gasteiger charge is -2.58. The van der Waals surface area contributed by atoms with E-state index in [2.05, 4.69) is 47.6 Å². The largest absolute Gasteiger partial charge is 0.0845 e. The maximum absolute atomic E-state index is 2.75. The van der Waals surface area contributed by atoms with E-state index < -0.39 is 0 Å². The van der Waals surface area contributed by atoms with Crippen molar-refractivity contribution in [3.8, 4) is 0 Å². The van der Waals surface area contributed by atoms with Crippen molar-refractivity contribution in [3.63, 3.8) is 0 Å². The van der Waals surface area contributed by atoms with E-state index in [0.717, 1.165) is 29.6 Å². The van der Waals surface area contributed by atoms with E-state index in [4.69, 9.17) is 0 Å². The molecular weight excluding hydrogens is 360 g/mol. The molecular formula is C30H54. The van der Waals surface area contributed by atoms with Gasteiger partial charge < -0.3 is 0 Å². The van der Waals surface area contributed by atoms with E-state index in [9.17, 15) is 0 Å². The van der Waals surface area contributed by atoms with Crippen molar-refractivity contribution in [3.05, 3.63) is 11.6 Å². The molecule has 0 bridgehead atoms. The van der Waals surface area contributed by atoms with Crippen LogP contribution in [0.3, 0.4) is 0 Å². The SMILES string of the molecule is CC.CCC(C)(C)CCCC1CCC2C3CC=C4CC(C)CCC4(C)C3CCC12C. The normalized spacial score (nSPS) is 42.9. The number of rotatable bonds is 5. The van der Waals surface area contributed by atoms with E-state index in [1.807, 2.05) is 19.4 Å². The number of hydrogen-bond acceptors (Lipinski definition) is 0. The quantitative estimate of drug-likeness (QED) is 0.392. The highest BCUT2D eigenvalue weighted by Gasteiger charge is 2.58. The van der Waals surface area contributed by atoms with Gasteiger partial charge in [-0.3, -0.25) is 0 Å². The van der Waals surface area contributed by atoms with Crippen LogP contribution in [0.2, 0.25) is 0 Å². The molecule has 0 radical (unpaired) electrons. The first-order valence-corrected chi connectivity index (χ1v) is 13.9. The Bertz CT molecular complexity index is 597. The summed E-state index contributed by atoms with van der Waals surface area (Å²) in [5, 5.41) is 0. The molecule has 4 rings (SSSR count). The van der Waals surface area contributed by atoms with Gasteiger partial charge in [-0.15, -0.1) is 0 Å². The van der Waals surface area contributed by atoms with E-state index in [1.165, 1.54) is 77.0 Å². The van der Waals surface area contributed by atoms with Crippen LogP contribution in [0, 0.1) is 45.8 Å². The van der Waals surface area contributed by atoms with Crippen molar-refractivity contribution in [2.24, 2.45) is 45.8 Å². The second-order valence-electron chi connectivity index (χ2n) is 12.8. The standard InChI is InChI=1S/C28H48.C2H6/c1-7-26(3,4)16-8-9-21-11-13-24-23-12-10-22-19-20(2)14-17-28(22,6)25(23)15-18-27(21,24)5;1-2/h10,20-21,23-25H,7-9,11-19H2,1-6H3;1-2H3. The van der Waals surface area contributed by atoms with Gasteiger partial charge in [0, 0.05) is 0 Å². The minimum Gasteiger partial charge on any atom is -0.0845 e. The maximum Gasteiger partial charge on any atom is -0.00851 e. The molecule has 4 aliphatic rings. The fraction of sp³-hybridized carbons (Fsp3) is 0.933. The first-order valence-electron chi connectivity index (χ1n) is 13.9. The Morgan fingerprint density at radius 2 is 1.73 bits per heavy atom. The highest BCUT2D eigenvalue weighted by atomic mass is 14.6. The minimum absolute atomic E-state index is 0.549. The predicted molar refractivity (Wildman–Crippen MR) is 134 cm³/mol. The van der Waals surface area contributed by atoms with Crippen LogP contribution >= 0.6 is 0 Å². The van der Waals surface area contributed by atoms with E-state index in [1.54, 1.807) is 0 Å². The molecule has 0 heteroatoms. The average Bonchev–Trinajstić information content (AvgIpc) is 3.06. The summed E-state index contributed by atoms with van der Waals surface area (Å²) in [6, 6.07) is 0. The first kappa shape index (κ1) is 24.4. The molecule has 0 nitrogen and oxygen atoms in total. The summed E-state index contributed by atoms with van der Waals surface area (Å²) >= 11 is 0. The molecule has 0 amide bonds. The van der Waals surface area contributed by atoms with Crippen molar-refractivity contribution in [1.29, 1.82) is 0 Å². The molecule has 30 heavy (non-hydrogen) atoms. The van der Waals surface area contributed by atoms with Gasteiger partial charge >= 0.3 is 0 Å². The lowest BCUT2D eigenvalue weighted by molar-refractivity contribution is -0.0453. The molecule has 4 aliphatic carbocycles. The molecule has 0 aliphatic heterocycles. The third-order valence-electron chi connectivity index (χ3n) is 10.9. The summed E-state index contributed by atoms with van der Waals surface area (Å²) in [4.78, 5) is 0. The Labute approximate surface area is 190 Å². The first-order chi connectivity index (χ1) is 14.2. The van der Waals surface area contributed by atoms with Crippen LogP contribution in [0.5, 0.6) is 0 Å². The second-order valence-corrected chi connectivity index (χ2v) is 12.8. The van der Waals surface area contributed by atoms with Crippen LogP contribution in [0.15, 0.2) is 11.6 Å². The molecule has 7 atom stereocenters. The van der Waals surface area contributed by atoms with Crippen LogP contribution < -0.4 is 0 Å². The molecule has 3 saturated carbocycles. The highest BCUT2D eigenvalue weighted by molar-refractivity contribution is 5.25. The van der Waals surface area contributed by atoms with Gasteiger partial charge in [-0.1, -0.05) is 79.9 Å². The van der Waals surface area contributed by atoms with Crippen LogP contribution in [0.25, 0.3) is 0 Å². The van der Waals surface area contributed by atoms with Gasteiger partial charge in [0.15, 0.2) is 0 Å². The van der Waals surface area contributed by atoms with Crippen LogP contribution in [-0.4, -0.2) is 0 Å². The Morgan fingerprint density at radius 1 is 1.00 bits per heavy atom. The summed E-state index contributed by atoms with van der Waals surface area (Å²) in [6.07, 6.45) is 20.3. The van der Waals surface area contributed by atoms with E-state index >= 15 is 0 Å². The summed E-state index contributed by atoms with van der Waals surface area (Å²) in [6.45, 7) is 19.2. The van der Waals surface area contributed by atoms with Crippen LogP contribution in [-0.2, 0) is 0 Å². The third-order valence-corrected chi connectivity index (χ3v) is 10.9. The summed E-state index contributed by atoms with van der Waals surface area (Å²) in [5.41, 5.74) is 3.63. The number of fused-ring (bicyclic) bond motifs is 5. The highest BCUT2D eigenvalue weighted by Crippen LogP contribution is 2.67. The van der Waals surface area contributed by atoms with Crippen molar-refractivity contribution in [2.75, 3.05) is 0 Å². The fourth-order valence-corrected chi connectivity index (χ4v) is 8.43. The number of hydrogen-bond donors (Lipinski definition) is 0. The van der Waals surface area contributed by atoms with Crippen LogP contribution in [0.4, 0.5) is 0 Å². The zero-order valence-corrected chi connectivity index (χ0v) is 21.9. The Morgan fingerprint density at radius 3 is 2.43 bits per heavy atom. The molecule has 0 spiro atoms. The van der Waals surface area contributed by atoms with Gasteiger partial charge in [-0.25, -0.2) is 0 Å². The Hall–Kier alpha value is -0.260. The summed E-state index contributed by atoms with van der Waals surface area (Å²) in [5.74, 6) is 4.95. The van der Waals surface area contributed by atoms with Gasteiger partial charge in [0.1, 0.15) is 0 Å². The van der Waals surface area contributed by atoms with Crippen LogP contribution in [0.1, 0.15) is 132 Å². The molecule has 3 fully saturated rings. The molecule has 0 heterocycles. The van der Waals surface area contributed by atoms with Gasteiger partial charge in [0.05, 0.1) is 0 Å². The Kier molecular flexibility index (Phi) is 7.57. The molecule has 0 saturated heterocycles. The fourth-order valence-electron chi connectivity index (χ4n) is 8.43. The van der Waals surface area contributed by atoms with E-state index in [-0.39, 0.29) is 0 Å².